The van der Waals surface area contributed by atoms with Crippen LogP contribution in [0.25, 0.3) is 10.1 Å². The van der Waals surface area contributed by atoms with E-state index in [9.17, 15) is 0 Å². The Morgan fingerprint density at radius 3 is 2.93 bits per heavy atom. The Balaban J connectivity index is 2.48. The van der Waals surface area contributed by atoms with Crippen LogP contribution in [-0.4, -0.2) is 7.11 Å². The van der Waals surface area contributed by atoms with Crippen LogP contribution in [0.5, 0.6) is 5.75 Å². The summed E-state index contributed by atoms with van der Waals surface area (Å²) < 4.78 is 6.52. The number of hydrogen-bond acceptors (Lipinski definition) is 2. The molecule has 0 spiro atoms. The van der Waals surface area contributed by atoms with E-state index in [2.05, 4.69) is 24.4 Å². The van der Waals surface area contributed by atoms with Crippen molar-refractivity contribution < 1.29 is 4.74 Å². The minimum atomic E-state index is 0.947. The molecule has 1 aromatic heterocycles. The second-order valence-electron chi connectivity index (χ2n) is 3.37. The van der Waals surface area contributed by atoms with Crippen molar-refractivity contribution in [2.24, 2.45) is 0 Å². The molecule has 2 rings (SSSR count). The molecule has 2 heteroatoms. The third-order valence-electron chi connectivity index (χ3n) is 2.38. The van der Waals surface area contributed by atoms with Crippen LogP contribution < -0.4 is 4.74 Å². The number of hydrogen-bond donors (Lipinski definition) is 0. The first-order valence-electron chi connectivity index (χ1n) is 4.89. The van der Waals surface area contributed by atoms with Gasteiger partial charge in [-0.15, -0.1) is 11.3 Å². The molecule has 1 aromatic carbocycles. The molecule has 1 heterocycles. The van der Waals surface area contributed by atoms with E-state index in [4.69, 9.17) is 4.74 Å². The summed E-state index contributed by atoms with van der Waals surface area (Å²) >= 11 is 1.80. The summed E-state index contributed by atoms with van der Waals surface area (Å²) in [5.41, 5.74) is 1.47. The van der Waals surface area contributed by atoms with Gasteiger partial charge in [0.05, 0.1) is 7.11 Å². The lowest BCUT2D eigenvalue weighted by molar-refractivity contribution is 0.415. The number of benzene rings is 1. The molecule has 0 saturated heterocycles. The molecule has 0 N–H and O–H groups in total. The predicted molar refractivity (Wildman–Crippen MR) is 62.4 cm³/mol. The van der Waals surface area contributed by atoms with E-state index in [1.807, 2.05) is 6.07 Å². The molecular formula is C12H14OS. The van der Waals surface area contributed by atoms with Crippen molar-refractivity contribution in [3.8, 4) is 5.75 Å². The van der Waals surface area contributed by atoms with Crippen molar-refractivity contribution in [3.05, 3.63) is 29.1 Å². The van der Waals surface area contributed by atoms with E-state index >= 15 is 0 Å². The highest BCUT2D eigenvalue weighted by atomic mass is 32.1. The Morgan fingerprint density at radius 1 is 1.36 bits per heavy atom. The Kier molecular flexibility index (Phi) is 2.73. The maximum absolute atomic E-state index is 5.20. The van der Waals surface area contributed by atoms with Crippen LogP contribution in [0.3, 0.4) is 0 Å². The third-order valence-corrected chi connectivity index (χ3v) is 3.38. The molecule has 0 aliphatic carbocycles. The van der Waals surface area contributed by atoms with Gasteiger partial charge in [-0.05, 0) is 40.9 Å². The van der Waals surface area contributed by atoms with E-state index in [1.54, 1.807) is 18.4 Å². The second kappa shape index (κ2) is 4.01. The fourth-order valence-electron chi connectivity index (χ4n) is 1.65. The lowest BCUT2D eigenvalue weighted by atomic mass is 10.1. The number of rotatable bonds is 3. The summed E-state index contributed by atoms with van der Waals surface area (Å²) in [7, 11) is 1.71. The highest BCUT2D eigenvalue weighted by Crippen LogP contribution is 2.30. The Labute approximate surface area is 88.3 Å². The van der Waals surface area contributed by atoms with Gasteiger partial charge in [-0.1, -0.05) is 13.3 Å². The van der Waals surface area contributed by atoms with Crippen molar-refractivity contribution >= 4 is 21.4 Å². The minimum absolute atomic E-state index is 0.947. The maximum atomic E-state index is 5.20. The van der Waals surface area contributed by atoms with Gasteiger partial charge >= 0.3 is 0 Å². The van der Waals surface area contributed by atoms with E-state index in [1.165, 1.54) is 28.5 Å². The molecule has 1 nitrogen and oxygen atoms in total. The van der Waals surface area contributed by atoms with Crippen molar-refractivity contribution in [3.63, 3.8) is 0 Å². The quantitative estimate of drug-likeness (QED) is 0.741. The van der Waals surface area contributed by atoms with Gasteiger partial charge in [0.25, 0.3) is 0 Å². The first-order valence-corrected chi connectivity index (χ1v) is 5.77. The lowest BCUT2D eigenvalue weighted by Crippen LogP contribution is -1.82. The number of ether oxygens (including phenoxy) is 1. The second-order valence-corrected chi connectivity index (χ2v) is 4.28. The zero-order valence-corrected chi connectivity index (χ0v) is 9.36. The fourth-order valence-corrected chi connectivity index (χ4v) is 2.68. The molecule has 0 atom stereocenters. The molecule has 0 amide bonds. The average molecular weight is 206 g/mol. The molecule has 0 aliphatic heterocycles. The molecule has 0 unspecified atom stereocenters. The van der Waals surface area contributed by atoms with Crippen molar-refractivity contribution in [2.75, 3.05) is 7.11 Å². The van der Waals surface area contributed by atoms with Gasteiger partial charge in [-0.25, -0.2) is 0 Å². The monoisotopic (exact) mass is 206 g/mol. The maximum Gasteiger partial charge on any atom is 0.120 e. The van der Waals surface area contributed by atoms with Crippen molar-refractivity contribution in [2.45, 2.75) is 19.8 Å². The van der Waals surface area contributed by atoms with Gasteiger partial charge in [0, 0.05) is 4.70 Å². The fraction of sp³-hybridized carbons (Fsp3) is 0.333. The zero-order valence-electron chi connectivity index (χ0n) is 8.54. The number of aryl methyl sites for hydroxylation is 1. The van der Waals surface area contributed by atoms with E-state index in [-0.39, 0.29) is 0 Å². The third kappa shape index (κ3) is 1.62. The summed E-state index contributed by atoms with van der Waals surface area (Å²) in [5.74, 6) is 0.947. The van der Waals surface area contributed by atoms with Crippen LogP contribution in [0, 0.1) is 0 Å². The Hall–Kier alpha value is -1.02. The lowest BCUT2D eigenvalue weighted by Gasteiger charge is -2.00. The van der Waals surface area contributed by atoms with Gasteiger partial charge in [-0.2, -0.15) is 0 Å². The normalized spacial score (nSPS) is 10.7. The van der Waals surface area contributed by atoms with Crippen LogP contribution in [0.1, 0.15) is 18.9 Å². The first kappa shape index (κ1) is 9.53. The van der Waals surface area contributed by atoms with Crippen LogP contribution >= 0.6 is 11.3 Å². The molecule has 0 fully saturated rings. The van der Waals surface area contributed by atoms with E-state index in [0.717, 1.165) is 5.75 Å². The average Bonchev–Trinajstić information content (AvgIpc) is 2.61. The van der Waals surface area contributed by atoms with Crippen molar-refractivity contribution in [1.82, 2.24) is 0 Å². The van der Waals surface area contributed by atoms with E-state index < -0.39 is 0 Å². The van der Waals surface area contributed by atoms with Crippen molar-refractivity contribution in [1.29, 1.82) is 0 Å². The summed E-state index contributed by atoms with van der Waals surface area (Å²) in [4.78, 5) is 0. The number of methoxy groups -OCH3 is 1. The minimum Gasteiger partial charge on any atom is -0.497 e. The Morgan fingerprint density at radius 2 is 2.21 bits per heavy atom. The highest BCUT2D eigenvalue weighted by Gasteiger charge is 2.03. The van der Waals surface area contributed by atoms with Crippen LogP contribution in [-0.2, 0) is 6.42 Å². The first-order chi connectivity index (χ1) is 6.85. The van der Waals surface area contributed by atoms with Crippen LogP contribution in [0.2, 0.25) is 0 Å². The molecular weight excluding hydrogens is 192 g/mol. The van der Waals surface area contributed by atoms with Crippen LogP contribution in [0.4, 0.5) is 0 Å². The SMILES string of the molecule is CCCc1csc2cc(OC)ccc12. The highest BCUT2D eigenvalue weighted by molar-refractivity contribution is 7.17. The van der Waals surface area contributed by atoms with Gasteiger partial charge in [0.2, 0.25) is 0 Å². The van der Waals surface area contributed by atoms with Crippen LogP contribution in [0.15, 0.2) is 23.6 Å². The summed E-state index contributed by atoms with van der Waals surface area (Å²) in [6.45, 7) is 2.22. The largest absolute Gasteiger partial charge is 0.497 e. The van der Waals surface area contributed by atoms with Gasteiger partial charge < -0.3 is 4.74 Å². The predicted octanol–water partition coefficient (Wildman–Crippen LogP) is 3.86. The summed E-state index contributed by atoms with van der Waals surface area (Å²) in [5, 5.41) is 3.64. The molecule has 0 saturated carbocycles. The molecule has 0 bridgehead atoms. The molecule has 0 radical (unpaired) electrons. The van der Waals surface area contributed by atoms with E-state index in [0.29, 0.717) is 0 Å². The molecule has 74 valence electrons. The van der Waals surface area contributed by atoms with Gasteiger partial charge in [0.15, 0.2) is 0 Å². The van der Waals surface area contributed by atoms with Gasteiger partial charge in [-0.3, -0.25) is 0 Å². The number of fused-ring (bicyclic) bond motifs is 1. The van der Waals surface area contributed by atoms with Gasteiger partial charge in [0.1, 0.15) is 5.75 Å². The zero-order chi connectivity index (χ0) is 9.97. The smallest absolute Gasteiger partial charge is 0.120 e. The molecule has 2 aromatic rings. The Bertz CT molecular complexity index is 431. The summed E-state index contributed by atoms with van der Waals surface area (Å²) in [6, 6.07) is 6.31. The summed E-state index contributed by atoms with van der Waals surface area (Å²) in [6.07, 6.45) is 2.38. The number of thiophene rings is 1. The molecule has 0 aliphatic rings. The standard InChI is InChI=1S/C12H14OS/c1-3-4-9-8-14-12-7-10(13-2)5-6-11(9)12/h5-8H,3-4H2,1-2H3. The topological polar surface area (TPSA) is 9.23 Å². The molecule has 14 heavy (non-hydrogen) atoms.